The molecular formula is C66H90N4O11. The number of aliphatic carboxylic acids is 1. The van der Waals surface area contributed by atoms with E-state index in [1.54, 1.807) is 38.2 Å². The van der Waals surface area contributed by atoms with Crippen LogP contribution in [0.2, 0.25) is 0 Å². The highest BCUT2D eigenvalue weighted by molar-refractivity contribution is 5.87. The highest BCUT2D eigenvalue weighted by Crippen LogP contribution is 2.28. The third-order valence-corrected chi connectivity index (χ3v) is 13.5. The summed E-state index contributed by atoms with van der Waals surface area (Å²) in [6, 6.07) is 36.7. The second-order valence-corrected chi connectivity index (χ2v) is 20.1. The summed E-state index contributed by atoms with van der Waals surface area (Å²) in [5.74, 6) is -4.16. The Kier molecular flexibility index (Phi) is 35.0. The van der Waals surface area contributed by atoms with Crippen molar-refractivity contribution >= 4 is 35.6 Å². The Morgan fingerprint density at radius 3 is 1.25 bits per heavy atom. The van der Waals surface area contributed by atoms with Gasteiger partial charge < -0.3 is 46.4 Å². The van der Waals surface area contributed by atoms with E-state index in [4.69, 9.17) is 20.1 Å². The van der Waals surface area contributed by atoms with Gasteiger partial charge in [0.15, 0.2) is 0 Å². The molecule has 4 aromatic rings. The Morgan fingerprint density at radius 2 is 0.864 bits per heavy atom. The number of carboxylic acid groups (broad SMARTS) is 1. The van der Waals surface area contributed by atoms with Crippen molar-refractivity contribution in [1.29, 1.82) is 0 Å². The monoisotopic (exact) mass is 1110 g/mol. The number of rotatable bonds is 35. The average Bonchev–Trinajstić information content (AvgIpc) is 3.47. The largest absolute Gasteiger partial charge is 0.481 e. The predicted octanol–water partition coefficient (Wildman–Crippen LogP) is 9.66. The quantitative estimate of drug-likeness (QED) is 0.0159. The number of allylic oxidation sites excluding steroid dienone is 4. The third kappa shape index (κ3) is 27.5. The molecule has 0 radical (unpaired) electrons. The summed E-state index contributed by atoms with van der Waals surface area (Å²) in [7, 11) is 0. The average molecular weight is 1120 g/mol. The molecule has 0 saturated carbocycles. The lowest BCUT2D eigenvalue weighted by atomic mass is 9.94. The Bertz CT molecular complexity index is 2480. The van der Waals surface area contributed by atoms with Gasteiger partial charge in [0.05, 0.1) is 41.9 Å². The van der Waals surface area contributed by atoms with Crippen LogP contribution in [0.3, 0.4) is 0 Å². The molecule has 0 spiro atoms. The second kappa shape index (κ2) is 40.7. The maximum atomic E-state index is 13.5. The van der Waals surface area contributed by atoms with Gasteiger partial charge in [-0.15, -0.1) is 26.3 Å². The summed E-state index contributed by atoms with van der Waals surface area (Å²) < 4.78 is 6.15. The predicted molar refractivity (Wildman–Crippen MR) is 320 cm³/mol. The van der Waals surface area contributed by atoms with Crippen LogP contribution in [-0.4, -0.2) is 93.4 Å². The minimum Gasteiger partial charge on any atom is -0.481 e. The van der Waals surface area contributed by atoms with Crippen LogP contribution in [0.1, 0.15) is 126 Å². The Hall–Kier alpha value is -7.46. The van der Waals surface area contributed by atoms with Crippen LogP contribution in [0.4, 0.5) is 0 Å². The highest BCUT2D eigenvalue weighted by Gasteiger charge is 2.33. The summed E-state index contributed by atoms with van der Waals surface area (Å²) >= 11 is 0. The molecule has 0 aliphatic heterocycles. The van der Waals surface area contributed by atoms with Crippen LogP contribution in [0, 0.1) is 23.7 Å². The normalized spacial score (nSPS) is 14.4. The molecule has 0 aliphatic carbocycles. The minimum atomic E-state index is -0.817. The Balaban J connectivity index is 0.000000467. The molecule has 4 amide bonds. The van der Waals surface area contributed by atoms with Gasteiger partial charge >= 0.3 is 11.9 Å². The molecule has 0 aromatic heterocycles. The lowest BCUT2D eigenvalue weighted by Crippen LogP contribution is -2.45. The number of benzene rings is 4. The van der Waals surface area contributed by atoms with E-state index in [1.807, 2.05) is 135 Å². The topological polar surface area (TPSA) is 241 Å². The molecule has 15 heteroatoms. The number of hydrogen-bond acceptors (Lipinski definition) is 10. The van der Waals surface area contributed by atoms with E-state index in [0.29, 0.717) is 64.2 Å². The van der Waals surface area contributed by atoms with Gasteiger partial charge in [0.2, 0.25) is 23.6 Å². The van der Waals surface area contributed by atoms with E-state index >= 15 is 0 Å². The van der Waals surface area contributed by atoms with Crippen LogP contribution in [0.25, 0.3) is 0 Å². The van der Waals surface area contributed by atoms with E-state index in [-0.39, 0.29) is 73.7 Å². The summed E-state index contributed by atoms with van der Waals surface area (Å²) in [6.07, 6.45) is 9.80. The van der Waals surface area contributed by atoms with Gasteiger partial charge in [-0.3, -0.25) is 28.8 Å². The number of aliphatic hydroxyl groups excluding tert-OH is 3. The van der Waals surface area contributed by atoms with Gasteiger partial charge in [-0.05, 0) is 100 Å². The number of amides is 4. The van der Waals surface area contributed by atoms with Gasteiger partial charge in [-0.2, -0.15) is 0 Å². The Morgan fingerprint density at radius 1 is 0.506 bits per heavy atom. The molecule has 10 atom stereocenters. The van der Waals surface area contributed by atoms with Gasteiger partial charge in [0.1, 0.15) is 6.10 Å². The molecule has 81 heavy (non-hydrogen) atoms. The van der Waals surface area contributed by atoms with Gasteiger partial charge in [0, 0.05) is 38.1 Å². The van der Waals surface area contributed by atoms with Crippen molar-refractivity contribution in [2.45, 2.75) is 141 Å². The standard InChI is InChI=1S/C33H44N2O5.C21H32N2O4.C12H14O2/c1-5-14-27(23-30(37)34-24(4)20-21-36)32(38)35-29(7-3)31(26-18-12-9-13-19-26)40-33(39)28(15-6-2)22-25-16-10-8-11-17-25;1-4-9-17(14-19(25)22-15(3)12-13-24)21(27)23-18(5-2)20(26)16-10-7-6-8-11-16;1-2-6-11(12(13)14)9-10-7-4-3-5-8-10/h5-6,8-13,16-19,24,27-29,31,36H,1-2,7,14-15,20-23H2,3-4H3,(H,34,37)(H,35,38);4,6-8,10-11,15,17-18,20,24,26H,1,5,9,12-14H2,2-3H3,(H,22,25)(H,23,27);2-5,7-8,11H,1,6,9H2,(H,13,14)/t24-,27+,28+,29-,31?;15-,17+,18-,20?;/m00./s1. The summed E-state index contributed by atoms with van der Waals surface area (Å²) in [6.45, 7) is 22.2. The number of carbonyl (C=O) groups is 6. The van der Waals surface area contributed by atoms with E-state index in [9.17, 15) is 33.9 Å². The molecule has 0 heterocycles. The zero-order chi connectivity index (χ0) is 60.0. The summed E-state index contributed by atoms with van der Waals surface area (Å²) in [5, 5.41) is 49.0. The molecule has 3 unspecified atom stereocenters. The van der Waals surface area contributed by atoms with Crippen molar-refractivity contribution in [3.8, 4) is 0 Å². The van der Waals surface area contributed by atoms with E-state index in [2.05, 4.69) is 47.6 Å². The third-order valence-electron chi connectivity index (χ3n) is 13.5. The first-order valence-corrected chi connectivity index (χ1v) is 28.1. The van der Waals surface area contributed by atoms with Crippen LogP contribution >= 0.6 is 0 Å². The lowest BCUT2D eigenvalue weighted by Gasteiger charge is -2.30. The maximum absolute atomic E-state index is 13.5. The van der Waals surface area contributed by atoms with Crippen molar-refractivity contribution in [3.05, 3.63) is 194 Å². The summed E-state index contributed by atoms with van der Waals surface area (Å²) in [4.78, 5) is 75.2. The van der Waals surface area contributed by atoms with Crippen LogP contribution in [0.15, 0.2) is 172 Å². The second-order valence-electron chi connectivity index (χ2n) is 20.1. The fourth-order valence-corrected chi connectivity index (χ4v) is 8.88. The lowest BCUT2D eigenvalue weighted by molar-refractivity contribution is -0.157. The molecule has 0 bridgehead atoms. The number of carbonyl (C=O) groups excluding carboxylic acids is 5. The molecule has 0 aliphatic rings. The number of ether oxygens (including phenoxy) is 1. The number of hydrogen-bond donors (Lipinski definition) is 8. The summed E-state index contributed by atoms with van der Waals surface area (Å²) in [5.41, 5.74) is 3.60. The number of aliphatic hydroxyl groups is 3. The zero-order valence-corrected chi connectivity index (χ0v) is 48.0. The molecule has 0 fully saturated rings. The van der Waals surface area contributed by atoms with Crippen molar-refractivity contribution in [2.24, 2.45) is 23.7 Å². The van der Waals surface area contributed by atoms with Gasteiger partial charge in [-0.25, -0.2) is 0 Å². The van der Waals surface area contributed by atoms with E-state index in [1.165, 1.54) is 0 Å². The molecule has 4 rings (SSSR count). The number of nitrogens with one attached hydrogen (secondary N) is 4. The fourth-order valence-electron chi connectivity index (χ4n) is 8.88. The molecule has 0 saturated heterocycles. The molecule has 440 valence electrons. The van der Waals surface area contributed by atoms with Crippen LogP contribution in [0.5, 0.6) is 0 Å². The van der Waals surface area contributed by atoms with Crippen LogP contribution in [-0.2, 0) is 46.3 Å². The molecule has 15 nitrogen and oxygen atoms in total. The maximum Gasteiger partial charge on any atom is 0.310 e. The molecule has 8 N–H and O–H groups in total. The van der Waals surface area contributed by atoms with Crippen molar-refractivity contribution in [2.75, 3.05) is 13.2 Å². The number of esters is 1. The first kappa shape index (κ1) is 69.6. The van der Waals surface area contributed by atoms with Gasteiger partial charge in [-0.1, -0.05) is 159 Å². The zero-order valence-electron chi connectivity index (χ0n) is 48.0. The fraction of sp³-hybridized carbons (Fsp3) is 0.424. The van der Waals surface area contributed by atoms with Gasteiger partial charge in [0.25, 0.3) is 0 Å². The van der Waals surface area contributed by atoms with Crippen molar-refractivity contribution in [3.63, 3.8) is 0 Å². The highest BCUT2D eigenvalue weighted by atomic mass is 16.5. The number of carboxylic acids is 1. The Labute approximate surface area is 481 Å². The SMILES string of the molecule is C=CCC(Cc1ccccc1)C(=O)O.C=CC[C@H](CC(=O)N[C@@H](C)CCO)C(=O)N[C@@H](CC)C(O)c1ccccc1.C=CC[C@H](CC(=O)N[C@@H](C)CCO)C(=O)N[C@@H](CC)C(OC(=O)[C@H](CC=C)Cc1ccccc1)c1ccccc1. The van der Waals surface area contributed by atoms with Crippen molar-refractivity contribution < 1.29 is 53.9 Å². The first-order chi connectivity index (χ1) is 39.0. The molecular weight excluding hydrogens is 1020 g/mol. The van der Waals surface area contributed by atoms with Crippen molar-refractivity contribution in [1.82, 2.24) is 21.3 Å². The minimum absolute atomic E-state index is 0.00638. The smallest absolute Gasteiger partial charge is 0.310 e. The first-order valence-electron chi connectivity index (χ1n) is 28.1. The van der Waals surface area contributed by atoms with Crippen LogP contribution < -0.4 is 21.3 Å². The van der Waals surface area contributed by atoms with E-state index in [0.717, 1.165) is 22.3 Å². The van der Waals surface area contributed by atoms with E-state index < -0.39 is 48.0 Å². The molecule has 4 aromatic carbocycles.